The van der Waals surface area contributed by atoms with Gasteiger partial charge in [0.15, 0.2) is 9.84 Å². The van der Waals surface area contributed by atoms with Gasteiger partial charge in [0.1, 0.15) is 0 Å². The van der Waals surface area contributed by atoms with Crippen LogP contribution in [-0.4, -0.2) is 30.0 Å². The Kier molecular flexibility index (Phi) is 2.74. The van der Waals surface area contributed by atoms with Gasteiger partial charge < -0.3 is 5.11 Å². The minimum absolute atomic E-state index is 0.172. The zero-order valence-corrected chi connectivity index (χ0v) is 11.3. The summed E-state index contributed by atoms with van der Waals surface area (Å²) in [5, 5.41) is 8.69. The maximum absolute atomic E-state index is 12.5. The summed E-state index contributed by atoms with van der Waals surface area (Å²) in [5.74, 6) is 0.556. The lowest BCUT2D eigenvalue weighted by Gasteiger charge is -2.55. The van der Waals surface area contributed by atoms with Gasteiger partial charge in [-0.3, -0.25) is 4.79 Å². The van der Waals surface area contributed by atoms with Gasteiger partial charge in [-0.25, -0.2) is 8.42 Å². The summed E-state index contributed by atoms with van der Waals surface area (Å²) in [6.07, 6.45) is 5.74. The summed E-state index contributed by atoms with van der Waals surface area (Å²) < 4.78 is 24.5. The Balaban J connectivity index is 1.84. The molecule has 102 valence electrons. The van der Waals surface area contributed by atoms with Crippen molar-refractivity contribution in [1.82, 2.24) is 0 Å². The van der Waals surface area contributed by atoms with Gasteiger partial charge in [0.05, 0.1) is 16.9 Å². The molecule has 4 rings (SSSR count). The second-order valence-electron chi connectivity index (χ2n) is 6.56. The predicted octanol–water partition coefficient (Wildman–Crippen LogP) is 1.84. The Hall–Kier alpha value is -0.580. The number of hydrogen-bond donors (Lipinski definition) is 1. The van der Waals surface area contributed by atoms with Gasteiger partial charge >= 0.3 is 5.97 Å². The molecule has 0 aromatic heterocycles. The molecule has 4 saturated carbocycles. The molecule has 4 aliphatic rings. The van der Waals surface area contributed by atoms with Crippen molar-refractivity contribution >= 4 is 15.8 Å². The number of carboxylic acids is 1. The molecular weight excluding hydrogens is 252 g/mol. The molecule has 4 aliphatic carbocycles. The van der Waals surface area contributed by atoms with E-state index in [1.54, 1.807) is 0 Å². The van der Waals surface area contributed by atoms with Crippen molar-refractivity contribution in [3.63, 3.8) is 0 Å². The molecule has 0 amide bonds. The summed E-state index contributed by atoms with van der Waals surface area (Å²) in [5.41, 5.74) is 0. The third-order valence-electron chi connectivity index (χ3n) is 5.23. The molecule has 1 N–H and O–H groups in total. The number of rotatable bonds is 4. The number of carbonyl (C=O) groups is 1. The average molecular weight is 272 g/mol. The highest BCUT2D eigenvalue weighted by molar-refractivity contribution is 7.92. The van der Waals surface area contributed by atoms with Gasteiger partial charge in [-0.1, -0.05) is 0 Å². The van der Waals surface area contributed by atoms with E-state index in [0.29, 0.717) is 17.8 Å². The van der Waals surface area contributed by atoms with E-state index < -0.39 is 20.6 Å². The molecule has 0 spiro atoms. The molecular formula is C13H20O4S. The highest BCUT2D eigenvalue weighted by Gasteiger charge is 2.56. The molecule has 5 heteroatoms. The first-order chi connectivity index (χ1) is 8.40. The Morgan fingerprint density at radius 3 is 1.89 bits per heavy atom. The van der Waals surface area contributed by atoms with Gasteiger partial charge in [0.25, 0.3) is 0 Å². The zero-order valence-electron chi connectivity index (χ0n) is 10.5. The van der Waals surface area contributed by atoms with Gasteiger partial charge in [-0.15, -0.1) is 0 Å². The average Bonchev–Trinajstić information content (AvgIpc) is 2.24. The SMILES string of the molecule is O=C(O)CCS(=O)(=O)C12CC3CC(CC(C3)C1)C2. The fraction of sp³-hybridized carbons (Fsp3) is 0.923. The number of aliphatic carboxylic acids is 1. The first kappa shape index (κ1) is 12.5. The van der Waals surface area contributed by atoms with E-state index >= 15 is 0 Å². The van der Waals surface area contributed by atoms with Crippen molar-refractivity contribution in [2.24, 2.45) is 17.8 Å². The molecule has 0 radical (unpaired) electrons. The molecule has 0 saturated heterocycles. The Morgan fingerprint density at radius 2 is 1.50 bits per heavy atom. The molecule has 18 heavy (non-hydrogen) atoms. The van der Waals surface area contributed by atoms with Crippen molar-refractivity contribution < 1.29 is 18.3 Å². The normalized spacial score (nSPS) is 42.1. The molecule has 0 unspecified atom stereocenters. The topological polar surface area (TPSA) is 71.4 Å². The maximum atomic E-state index is 12.5. The van der Waals surface area contributed by atoms with Crippen LogP contribution in [-0.2, 0) is 14.6 Å². The van der Waals surface area contributed by atoms with Crippen molar-refractivity contribution in [3.8, 4) is 0 Å². The zero-order chi connectivity index (χ0) is 13.0. The van der Waals surface area contributed by atoms with Crippen molar-refractivity contribution in [2.45, 2.75) is 49.7 Å². The van der Waals surface area contributed by atoms with E-state index in [9.17, 15) is 13.2 Å². The van der Waals surface area contributed by atoms with Crippen LogP contribution < -0.4 is 0 Å². The van der Waals surface area contributed by atoms with E-state index in [4.69, 9.17) is 5.11 Å². The Morgan fingerprint density at radius 1 is 1.06 bits per heavy atom. The molecule has 0 atom stereocenters. The smallest absolute Gasteiger partial charge is 0.304 e. The predicted molar refractivity (Wildman–Crippen MR) is 66.9 cm³/mol. The molecule has 4 bridgehead atoms. The molecule has 0 aromatic rings. The summed E-state index contributed by atoms with van der Waals surface area (Å²) in [7, 11) is -3.26. The number of hydrogen-bond acceptors (Lipinski definition) is 3. The summed E-state index contributed by atoms with van der Waals surface area (Å²) >= 11 is 0. The molecule has 0 aliphatic heterocycles. The molecule has 4 nitrogen and oxygen atoms in total. The fourth-order valence-electron chi connectivity index (χ4n) is 4.85. The maximum Gasteiger partial charge on any atom is 0.304 e. The van der Waals surface area contributed by atoms with Crippen LogP contribution in [0.1, 0.15) is 44.9 Å². The summed E-state index contributed by atoms with van der Waals surface area (Å²) in [6, 6.07) is 0. The van der Waals surface area contributed by atoms with Crippen LogP contribution in [0.3, 0.4) is 0 Å². The highest BCUT2D eigenvalue weighted by atomic mass is 32.2. The van der Waals surface area contributed by atoms with Gasteiger partial charge in [-0.05, 0) is 56.3 Å². The lowest BCUT2D eigenvalue weighted by Crippen LogP contribution is -2.55. The van der Waals surface area contributed by atoms with E-state index in [0.717, 1.165) is 19.3 Å². The summed E-state index contributed by atoms with van der Waals surface area (Å²) in [4.78, 5) is 10.6. The van der Waals surface area contributed by atoms with Gasteiger partial charge in [-0.2, -0.15) is 0 Å². The van der Waals surface area contributed by atoms with Crippen LogP contribution in [0.5, 0.6) is 0 Å². The van der Waals surface area contributed by atoms with Crippen LogP contribution in [0, 0.1) is 17.8 Å². The quantitative estimate of drug-likeness (QED) is 0.847. The first-order valence-electron chi connectivity index (χ1n) is 6.84. The van der Waals surface area contributed by atoms with Crippen LogP contribution in [0.15, 0.2) is 0 Å². The van der Waals surface area contributed by atoms with Crippen LogP contribution in [0.2, 0.25) is 0 Å². The lowest BCUT2D eigenvalue weighted by atomic mass is 9.56. The fourth-order valence-corrected chi connectivity index (χ4v) is 7.20. The van der Waals surface area contributed by atoms with Crippen LogP contribution in [0.4, 0.5) is 0 Å². The number of carboxylic acid groups (broad SMARTS) is 1. The van der Waals surface area contributed by atoms with Gasteiger partial charge in [0.2, 0.25) is 0 Å². The van der Waals surface area contributed by atoms with E-state index in [1.807, 2.05) is 0 Å². The molecule has 0 heterocycles. The minimum atomic E-state index is -3.26. The Bertz CT molecular complexity index is 430. The molecule has 4 fully saturated rings. The second kappa shape index (κ2) is 3.95. The Labute approximate surface area is 108 Å². The minimum Gasteiger partial charge on any atom is -0.481 e. The van der Waals surface area contributed by atoms with E-state index in [2.05, 4.69) is 0 Å². The van der Waals surface area contributed by atoms with Crippen molar-refractivity contribution in [2.75, 3.05) is 5.75 Å². The second-order valence-corrected chi connectivity index (χ2v) is 9.07. The van der Waals surface area contributed by atoms with Gasteiger partial charge in [0, 0.05) is 0 Å². The van der Waals surface area contributed by atoms with E-state index in [1.165, 1.54) is 19.3 Å². The van der Waals surface area contributed by atoms with Crippen molar-refractivity contribution in [3.05, 3.63) is 0 Å². The number of sulfone groups is 1. The van der Waals surface area contributed by atoms with Crippen LogP contribution in [0.25, 0.3) is 0 Å². The largest absolute Gasteiger partial charge is 0.481 e. The first-order valence-corrected chi connectivity index (χ1v) is 8.49. The van der Waals surface area contributed by atoms with E-state index in [-0.39, 0.29) is 12.2 Å². The standard InChI is InChI=1S/C13H20O4S/c14-12(15)1-2-18(16,17)13-6-9-3-10(7-13)5-11(4-9)8-13/h9-11H,1-8H2,(H,14,15). The van der Waals surface area contributed by atoms with Crippen molar-refractivity contribution in [1.29, 1.82) is 0 Å². The third-order valence-corrected chi connectivity index (χ3v) is 7.79. The lowest BCUT2D eigenvalue weighted by molar-refractivity contribution is -0.136. The third kappa shape index (κ3) is 1.87. The molecule has 0 aromatic carbocycles. The summed E-state index contributed by atoms with van der Waals surface area (Å²) in [6.45, 7) is 0. The van der Waals surface area contributed by atoms with Crippen LogP contribution >= 0.6 is 0 Å². The monoisotopic (exact) mass is 272 g/mol. The highest BCUT2D eigenvalue weighted by Crippen LogP contribution is 2.58.